The summed E-state index contributed by atoms with van der Waals surface area (Å²) in [5.74, 6) is 1.47. The lowest BCUT2D eigenvalue weighted by atomic mass is 9.95. The van der Waals surface area contributed by atoms with Gasteiger partial charge in [-0.1, -0.05) is 11.6 Å². The van der Waals surface area contributed by atoms with Crippen molar-refractivity contribution < 1.29 is 4.79 Å². The third kappa shape index (κ3) is 4.15. The van der Waals surface area contributed by atoms with Crippen LogP contribution in [0.3, 0.4) is 0 Å². The minimum Gasteiger partial charge on any atom is -0.357 e. The molecule has 1 amide bonds. The maximum Gasteiger partial charge on any atom is 0.225 e. The average molecular weight is 337 g/mol. The van der Waals surface area contributed by atoms with E-state index in [0.717, 1.165) is 64.3 Å². The zero-order valence-electron chi connectivity index (χ0n) is 13.7. The van der Waals surface area contributed by atoms with E-state index in [9.17, 15) is 4.79 Å². The molecule has 1 aromatic rings. The Kier molecular flexibility index (Phi) is 5.38. The predicted octanol–water partition coefficient (Wildman–Crippen LogP) is 2.12. The van der Waals surface area contributed by atoms with Gasteiger partial charge in [-0.3, -0.25) is 4.79 Å². The lowest BCUT2D eigenvalue weighted by Crippen LogP contribution is -2.44. The fourth-order valence-corrected chi connectivity index (χ4v) is 3.55. The summed E-state index contributed by atoms with van der Waals surface area (Å²) in [4.78, 5) is 23.8. The predicted molar refractivity (Wildman–Crippen MR) is 92.9 cm³/mol. The van der Waals surface area contributed by atoms with Gasteiger partial charge in [-0.05, 0) is 45.0 Å². The van der Waals surface area contributed by atoms with Crippen LogP contribution in [0, 0.1) is 5.92 Å². The van der Waals surface area contributed by atoms with E-state index in [2.05, 4.69) is 26.7 Å². The second-order valence-electron chi connectivity index (χ2n) is 6.58. The maximum atomic E-state index is 12.8. The summed E-state index contributed by atoms with van der Waals surface area (Å²) >= 11 is 5.89. The molecule has 23 heavy (non-hydrogen) atoms. The van der Waals surface area contributed by atoms with Gasteiger partial charge in [0.15, 0.2) is 0 Å². The van der Waals surface area contributed by atoms with Crippen LogP contribution in [-0.4, -0.2) is 67.0 Å². The first-order valence-electron chi connectivity index (χ1n) is 8.47. The molecule has 3 rings (SSSR count). The molecule has 2 aliphatic rings. The Labute approximate surface area is 143 Å². The number of anilines is 1. The van der Waals surface area contributed by atoms with Crippen LogP contribution >= 0.6 is 11.6 Å². The molecule has 126 valence electrons. The van der Waals surface area contributed by atoms with Crippen molar-refractivity contribution >= 4 is 23.3 Å². The van der Waals surface area contributed by atoms with Crippen molar-refractivity contribution in [2.75, 3.05) is 51.2 Å². The first kappa shape index (κ1) is 16.5. The Balaban J connectivity index is 1.53. The van der Waals surface area contributed by atoms with Crippen molar-refractivity contribution in [2.24, 2.45) is 5.92 Å². The molecule has 6 heteroatoms. The molecule has 0 atom stereocenters. The van der Waals surface area contributed by atoms with Crippen LogP contribution in [0.5, 0.6) is 0 Å². The van der Waals surface area contributed by atoms with E-state index in [-0.39, 0.29) is 5.92 Å². The lowest BCUT2D eigenvalue weighted by molar-refractivity contribution is -0.136. The lowest BCUT2D eigenvalue weighted by Gasteiger charge is -2.34. The number of amides is 1. The summed E-state index contributed by atoms with van der Waals surface area (Å²) < 4.78 is 0. The first-order valence-corrected chi connectivity index (χ1v) is 8.85. The Bertz CT molecular complexity index is 528. The van der Waals surface area contributed by atoms with Crippen molar-refractivity contribution in [1.82, 2.24) is 14.8 Å². The Morgan fingerprint density at radius 2 is 1.91 bits per heavy atom. The van der Waals surface area contributed by atoms with E-state index in [4.69, 9.17) is 11.6 Å². The SMILES string of the molecule is CN1CCCN(C(=O)C2CCN(c3ccc(Cl)cn3)CC2)CC1. The van der Waals surface area contributed by atoms with E-state index in [1.54, 1.807) is 6.20 Å². The van der Waals surface area contributed by atoms with Gasteiger partial charge >= 0.3 is 0 Å². The van der Waals surface area contributed by atoms with Crippen LogP contribution in [0.4, 0.5) is 5.82 Å². The number of aromatic nitrogens is 1. The molecule has 3 heterocycles. The second-order valence-corrected chi connectivity index (χ2v) is 7.01. The van der Waals surface area contributed by atoms with Gasteiger partial charge < -0.3 is 14.7 Å². The highest BCUT2D eigenvalue weighted by molar-refractivity contribution is 6.30. The zero-order valence-corrected chi connectivity index (χ0v) is 14.5. The number of halogens is 1. The number of piperidine rings is 1. The van der Waals surface area contributed by atoms with Gasteiger partial charge in [0.25, 0.3) is 0 Å². The average Bonchev–Trinajstić information content (AvgIpc) is 2.80. The monoisotopic (exact) mass is 336 g/mol. The molecule has 0 N–H and O–H groups in total. The number of likely N-dealkylation sites (N-methyl/N-ethyl adjacent to an activating group) is 1. The number of carbonyl (C=O) groups is 1. The largest absolute Gasteiger partial charge is 0.357 e. The number of rotatable bonds is 2. The summed E-state index contributed by atoms with van der Waals surface area (Å²) in [5.41, 5.74) is 0. The minimum atomic E-state index is 0.168. The van der Waals surface area contributed by atoms with E-state index >= 15 is 0 Å². The van der Waals surface area contributed by atoms with Gasteiger partial charge in [0, 0.05) is 44.8 Å². The van der Waals surface area contributed by atoms with Crippen molar-refractivity contribution in [2.45, 2.75) is 19.3 Å². The smallest absolute Gasteiger partial charge is 0.225 e. The molecule has 0 bridgehead atoms. The number of carbonyl (C=O) groups excluding carboxylic acids is 1. The summed E-state index contributed by atoms with van der Waals surface area (Å²) in [5, 5.41) is 0.657. The van der Waals surface area contributed by atoms with Gasteiger partial charge in [-0.2, -0.15) is 0 Å². The van der Waals surface area contributed by atoms with Gasteiger partial charge in [0.1, 0.15) is 5.82 Å². The van der Waals surface area contributed by atoms with Crippen molar-refractivity contribution in [3.05, 3.63) is 23.4 Å². The van der Waals surface area contributed by atoms with Gasteiger partial charge in [-0.25, -0.2) is 4.98 Å². The Hall–Kier alpha value is -1.33. The summed E-state index contributed by atoms with van der Waals surface area (Å²) in [6.45, 7) is 5.62. The van der Waals surface area contributed by atoms with Crippen molar-refractivity contribution in [3.63, 3.8) is 0 Å². The summed E-state index contributed by atoms with van der Waals surface area (Å²) in [7, 11) is 2.13. The molecule has 0 radical (unpaired) electrons. The molecule has 0 aromatic carbocycles. The molecule has 2 fully saturated rings. The van der Waals surface area contributed by atoms with Gasteiger partial charge in [-0.15, -0.1) is 0 Å². The highest BCUT2D eigenvalue weighted by atomic mass is 35.5. The Morgan fingerprint density at radius 3 is 2.61 bits per heavy atom. The summed E-state index contributed by atoms with van der Waals surface area (Å²) in [6.07, 6.45) is 4.59. The Morgan fingerprint density at radius 1 is 1.13 bits per heavy atom. The standard InChI is InChI=1S/C17H25ClN4O/c1-20-7-2-8-22(12-11-20)17(23)14-5-9-21(10-6-14)16-4-3-15(18)13-19-16/h3-4,13-14H,2,5-12H2,1H3. The fraction of sp³-hybridized carbons (Fsp3) is 0.647. The topological polar surface area (TPSA) is 39.7 Å². The van der Waals surface area contributed by atoms with E-state index in [0.29, 0.717) is 10.9 Å². The number of nitrogens with zero attached hydrogens (tertiary/aromatic N) is 4. The molecular formula is C17H25ClN4O. The zero-order chi connectivity index (χ0) is 16.2. The van der Waals surface area contributed by atoms with Crippen LogP contribution in [0.2, 0.25) is 5.02 Å². The van der Waals surface area contributed by atoms with E-state index < -0.39 is 0 Å². The van der Waals surface area contributed by atoms with Crippen LogP contribution in [0.15, 0.2) is 18.3 Å². The van der Waals surface area contributed by atoms with E-state index in [1.807, 2.05) is 12.1 Å². The van der Waals surface area contributed by atoms with Crippen LogP contribution < -0.4 is 4.90 Å². The van der Waals surface area contributed by atoms with Gasteiger partial charge in [0.2, 0.25) is 5.91 Å². The molecule has 2 aliphatic heterocycles. The van der Waals surface area contributed by atoms with Crippen LogP contribution in [-0.2, 0) is 4.79 Å². The fourth-order valence-electron chi connectivity index (χ4n) is 3.44. The molecule has 0 unspecified atom stereocenters. The quantitative estimate of drug-likeness (QED) is 0.829. The molecule has 0 saturated carbocycles. The first-order chi connectivity index (χ1) is 11.1. The molecular weight excluding hydrogens is 312 g/mol. The third-order valence-corrected chi connectivity index (χ3v) is 5.13. The molecule has 0 spiro atoms. The highest BCUT2D eigenvalue weighted by Crippen LogP contribution is 2.24. The molecule has 1 aromatic heterocycles. The molecule has 2 saturated heterocycles. The number of pyridine rings is 1. The van der Waals surface area contributed by atoms with Crippen molar-refractivity contribution in [1.29, 1.82) is 0 Å². The summed E-state index contributed by atoms with van der Waals surface area (Å²) in [6, 6.07) is 3.82. The molecule has 5 nitrogen and oxygen atoms in total. The van der Waals surface area contributed by atoms with Gasteiger partial charge in [0.05, 0.1) is 5.02 Å². The third-order valence-electron chi connectivity index (χ3n) is 4.91. The second kappa shape index (κ2) is 7.49. The minimum absolute atomic E-state index is 0.168. The van der Waals surface area contributed by atoms with Crippen LogP contribution in [0.1, 0.15) is 19.3 Å². The number of hydrogen-bond acceptors (Lipinski definition) is 4. The molecule has 0 aliphatic carbocycles. The maximum absolute atomic E-state index is 12.8. The number of hydrogen-bond donors (Lipinski definition) is 0. The normalized spacial score (nSPS) is 21.3. The van der Waals surface area contributed by atoms with Crippen LogP contribution in [0.25, 0.3) is 0 Å². The highest BCUT2D eigenvalue weighted by Gasteiger charge is 2.29. The van der Waals surface area contributed by atoms with E-state index in [1.165, 1.54) is 0 Å². The van der Waals surface area contributed by atoms with Crippen molar-refractivity contribution in [3.8, 4) is 0 Å².